The summed E-state index contributed by atoms with van der Waals surface area (Å²) in [5.41, 5.74) is 1.15. The number of rotatable bonds is 6. The Bertz CT molecular complexity index is 847. The SMILES string of the molecule is CCS(=O)(=O)N1CCCc2sc(C(=O)NCCc3ccccc3)nc21. The number of hydrogen-bond donors (Lipinski definition) is 1. The highest BCUT2D eigenvalue weighted by atomic mass is 32.2. The molecular weight excluding hydrogens is 358 g/mol. The Balaban J connectivity index is 1.68. The molecule has 1 aliphatic heterocycles. The lowest BCUT2D eigenvalue weighted by molar-refractivity contribution is 0.0954. The predicted molar refractivity (Wildman–Crippen MR) is 99.7 cm³/mol. The number of aryl methyl sites for hydroxylation is 1. The lowest BCUT2D eigenvalue weighted by Crippen LogP contribution is -2.36. The molecule has 0 saturated heterocycles. The number of sulfonamides is 1. The monoisotopic (exact) mass is 379 g/mol. The van der Waals surface area contributed by atoms with Gasteiger partial charge in [-0.25, -0.2) is 13.4 Å². The van der Waals surface area contributed by atoms with Gasteiger partial charge in [0.1, 0.15) is 0 Å². The Morgan fingerprint density at radius 2 is 2.08 bits per heavy atom. The van der Waals surface area contributed by atoms with Crippen LogP contribution in [0.4, 0.5) is 5.82 Å². The second-order valence-corrected chi connectivity index (χ2v) is 9.10. The molecule has 2 heterocycles. The highest BCUT2D eigenvalue weighted by Gasteiger charge is 2.30. The number of aromatic nitrogens is 1. The van der Waals surface area contributed by atoms with Gasteiger partial charge in [-0.15, -0.1) is 11.3 Å². The summed E-state index contributed by atoms with van der Waals surface area (Å²) in [4.78, 5) is 17.5. The molecule has 0 bridgehead atoms. The topological polar surface area (TPSA) is 79.4 Å². The molecule has 8 heteroatoms. The van der Waals surface area contributed by atoms with Gasteiger partial charge in [-0.1, -0.05) is 30.3 Å². The van der Waals surface area contributed by atoms with E-state index in [0.29, 0.717) is 23.9 Å². The van der Waals surface area contributed by atoms with Gasteiger partial charge in [0, 0.05) is 13.1 Å². The average molecular weight is 380 g/mol. The molecular formula is C17H21N3O3S2. The van der Waals surface area contributed by atoms with Gasteiger partial charge in [-0.2, -0.15) is 0 Å². The van der Waals surface area contributed by atoms with Gasteiger partial charge in [-0.3, -0.25) is 9.10 Å². The second kappa shape index (κ2) is 7.53. The zero-order valence-corrected chi connectivity index (χ0v) is 15.7. The van der Waals surface area contributed by atoms with E-state index in [9.17, 15) is 13.2 Å². The van der Waals surface area contributed by atoms with E-state index in [-0.39, 0.29) is 11.7 Å². The van der Waals surface area contributed by atoms with Crippen molar-refractivity contribution in [3.8, 4) is 0 Å². The van der Waals surface area contributed by atoms with Crippen molar-refractivity contribution in [2.45, 2.75) is 26.2 Å². The molecule has 1 aliphatic rings. The highest BCUT2D eigenvalue weighted by Crippen LogP contribution is 2.33. The summed E-state index contributed by atoms with van der Waals surface area (Å²) in [6.07, 6.45) is 2.26. The van der Waals surface area contributed by atoms with Crippen LogP contribution in [0, 0.1) is 0 Å². The summed E-state index contributed by atoms with van der Waals surface area (Å²) in [5.74, 6) is 0.221. The van der Waals surface area contributed by atoms with Crippen molar-refractivity contribution in [1.29, 1.82) is 0 Å². The zero-order chi connectivity index (χ0) is 17.9. The van der Waals surface area contributed by atoms with Crippen molar-refractivity contribution >= 4 is 33.1 Å². The fourth-order valence-electron chi connectivity index (χ4n) is 2.75. The van der Waals surface area contributed by atoms with Gasteiger partial charge in [0.05, 0.1) is 10.6 Å². The average Bonchev–Trinajstić information content (AvgIpc) is 3.06. The van der Waals surface area contributed by atoms with E-state index in [2.05, 4.69) is 10.3 Å². The van der Waals surface area contributed by atoms with Crippen LogP contribution in [0.5, 0.6) is 0 Å². The number of benzene rings is 1. The van der Waals surface area contributed by atoms with Crippen molar-refractivity contribution in [3.63, 3.8) is 0 Å². The van der Waals surface area contributed by atoms with Crippen molar-refractivity contribution in [3.05, 3.63) is 45.8 Å². The number of nitrogens with zero attached hydrogens (tertiary/aromatic N) is 2. The highest BCUT2D eigenvalue weighted by molar-refractivity contribution is 7.92. The number of anilines is 1. The molecule has 6 nitrogen and oxygen atoms in total. The van der Waals surface area contributed by atoms with Crippen LogP contribution in [0.2, 0.25) is 0 Å². The Morgan fingerprint density at radius 3 is 2.80 bits per heavy atom. The summed E-state index contributed by atoms with van der Waals surface area (Å²) >= 11 is 1.29. The van der Waals surface area contributed by atoms with Gasteiger partial charge in [0.2, 0.25) is 10.0 Å². The summed E-state index contributed by atoms with van der Waals surface area (Å²) in [7, 11) is -3.35. The van der Waals surface area contributed by atoms with Crippen molar-refractivity contribution in [1.82, 2.24) is 10.3 Å². The Labute approximate surface area is 151 Å². The maximum Gasteiger partial charge on any atom is 0.280 e. The minimum absolute atomic E-state index is 0.0303. The Morgan fingerprint density at radius 1 is 1.32 bits per heavy atom. The molecule has 0 fully saturated rings. The van der Waals surface area contributed by atoms with Crippen LogP contribution in [-0.4, -0.2) is 38.2 Å². The first-order valence-corrected chi connectivity index (χ1v) is 10.8. The smallest absolute Gasteiger partial charge is 0.280 e. The first-order chi connectivity index (χ1) is 12.0. The molecule has 25 heavy (non-hydrogen) atoms. The molecule has 0 radical (unpaired) electrons. The number of carbonyl (C=O) groups excluding carboxylic acids is 1. The minimum Gasteiger partial charge on any atom is -0.350 e. The van der Waals surface area contributed by atoms with E-state index in [4.69, 9.17) is 0 Å². The summed E-state index contributed by atoms with van der Waals surface area (Å²) in [6.45, 7) is 2.57. The molecule has 134 valence electrons. The van der Waals surface area contributed by atoms with Crippen LogP contribution in [0.25, 0.3) is 0 Å². The predicted octanol–water partition coefficient (Wildman–Crippen LogP) is 2.22. The van der Waals surface area contributed by atoms with Crippen molar-refractivity contribution < 1.29 is 13.2 Å². The number of fused-ring (bicyclic) bond motifs is 1. The third-order valence-corrected chi connectivity index (χ3v) is 6.97. The molecule has 0 atom stereocenters. The molecule has 1 aromatic heterocycles. The summed E-state index contributed by atoms with van der Waals surface area (Å²) < 4.78 is 25.8. The van der Waals surface area contributed by atoms with Gasteiger partial charge in [0.25, 0.3) is 5.91 Å². The first kappa shape index (κ1) is 17.9. The third-order valence-electron chi connectivity index (χ3n) is 4.11. The number of thiazole rings is 1. The third kappa shape index (κ3) is 4.01. The van der Waals surface area contributed by atoms with Crippen LogP contribution in [0.15, 0.2) is 30.3 Å². The first-order valence-electron chi connectivity index (χ1n) is 8.33. The number of amides is 1. The second-order valence-electron chi connectivity index (χ2n) is 5.83. The van der Waals surface area contributed by atoms with E-state index in [1.165, 1.54) is 15.6 Å². The van der Waals surface area contributed by atoms with Gasteiger partial charge >= 0.3 is 0 Å². The molecule has 0 aliphatic carbocycles. The molecule has 2 aromatic rings. The lowest BCUT2D eigenvalue weighted by Gasteiger charge is -2.26. The minimum atomic E-state index is -3.35. The molecule has 1 aromatic carbocycles. The molecule has 1 amide bonds. The maximum atomic E-state index is 12.3. The Hall–Kier alpha value is -1.93. The van der Waals surface area contributed by atoms with Crippen LogP contribution >= 0.6 is 11.3 Å². The molecule has 0 unspecified atom stereocenters. The summed E-state index contributed by atoms with van der Waals surface area (Å²) in [5, 5.41) is 3.20. The largest absolute Gasteiger partial charge is 0.350 e. The maximum absolute atomic E-state index is 12.3. The van der Waals surface area contributed by atoms with E-state index < -0.39 is 10.0 Å². The quantitative estimate of drug-likeness (QED) is 0.835. The zero-order valence-electron chi connectivity index (χ0n) is 14.1. The number of nitrogens with one attached hydrogen (secondary N) is 1. The molecule has 0 saturated carbocycles. The van der Waals surface area contributed by atoms with Gasteiger partial charge in [-0.05, 0) is 31.7 Å². The fraction of sp³-hybridized carbons (Fsp3) is 0.412. The summed E-state index contributed by atoms with van der Waals surface area (Å²) in [6, 6.07) is 9.92. The van der Waals surface area contributed by atoms with Crippen molar-refractivity contribution in [2.75, 3.05) is 23.1 Å². The van der Waals surface area contributed by atoms with E-state index in [1.54, 1.807) is 6.92 Å². The van der Waals surface area contributed by atoms with E-state index in [0.717, 1.165) is 29.7 Å². The van der Waals surface area contributed by atoms with Crippen LogP contribution < -0.4 is 9.62 Å². The number of hydrogen-bond acceptors (Lipinski definition) is 5. The lowest BCUT2D eigenvalue weighted by atomic mass is 10.1. The normalized spacial score (nSPS) is 14.2. The van der Waals surface area contributed by atoms with Gasteiger partial charge < -0.3 is 5.32 Å². The van der Waals surface area contributed by atoms with E-state index >= 15 is 0 Å². The fourth-order valence-corrected chi connectivity index (χ4v) is 4.97. The van der Waals surface area contributed by atoms with Crippen LogP contribution in [0.3, 0.4) is 0 Å². The van der Waals surface area contributed by atoms with Gasteiger partial charge in [0.15, 0.2) is 10.8 Å². The molecule has 3 rings (SSSR count). The molecule has 1 N–H and O–H groups in total. The standard InChI is InChI=1S/C17H21N3O3S2/c1-2-25(22,23)20-12-6-9-14-15(20)19-17(24-14)16(21)18-11-10-13-7-4-3-5-8-13/h3-5,7-8H,2,6,9-12H2,1H3,(H,18,21). The number of carbonyl (C=O) groups is 1. The van der Waals surface area contributed by atoms with Crippen molar-refractivity contribution in [2.24, 2.45) is 0 Å². The molecule has 0 spiro atoms. The van der Waals surface area contributed by atoms with E-state index in [1.807, 2.05) is 30.3 Å². The Kier molecular flexibility index (Phi) is 5.39. The van der Waals surface area contributed by atoms with Crippen LogP contribution in [-0.2, 0) is 22.9 Å². The van der Waals surface area contributed by atoms with Crippen LogP contribution in [0.1, 0.15) is 33.6 Å².